The van der Waals surface area contributed by atoms with Crippen LogP contribution in [0.5, 0.6) is 0 Å². The average molecular weight is 497 g/mol. The van der Waals surface area contributed by atoms with Gasteiger partial charge in [0.05, 0.1) is 18.1 Å². The number of nitrogens with one attached hydrogen (secondary N) is 1. The van der Waals surface area contributed by atoms with E-state index in [1.165, 1.54) is 10.8 Å². The molecule has 2 aliphatic rings. The highest BCUT2D eigenvalue weighted by Crippen LogP contribution is 2.45. The van der Waals surface area contributed by atoms with Crippen LogP contribution in [0.25, 0.3) is 16.8 Å². The molecule has 182 valence electrons. The number of sulfone groups is 1. The molecule has 4 aromatic heterocycles. The van der Waals surface area contributed by atoms with Gasteiger partial charge in [-0.25, -0.2) is 13.4 Å². The van der Waals surface area contributed by atoms with Crippen LogP contribution in [-0.2, 0) is 16.9 Å². The van der Waals surface area contributed by atoms with Crippen molar-refractivity contribution in [3.8, 4) is 11.1 Å². The number of nitrogens with zero attached hydrogens (tertiary/aromatic N) is 8. The first-order valence-corrected chi connectivity index (χ1v) is 13.2. The zero-order valence-corrected chi connectivity index (χ0v) is 20.0. The van der Waals surface area contributed by atoms with Crippen LogP contribution >= 0.6 is 0 Å². The number of rotatable bonds is 4. The molecule has 4 aromatic rings. The summed E-state index contributed by atoms with van der Waals surface area (Å²) >= 11 is 0. The molecule has 14 heteroatoms. The number of fused-ring (bicyclic) bond motifs is 3. The van der Waals surface area contributed by atoms with Gasteiger partial charge in [0.2, 0.25) is 5.82 Å². The molecule has 13 nitrogen and oxygen atoms in total. The number of hydrogen-bond donors (Lipinski definition) is 2. The highest BCUT2D eigenvalue weighted by Gasteiger charge is 2.46. The van der Waals surface area contributed by atoms with Gasteiger partial charge in [0.1, 0.15) is 17.0 Å². The van der Waals surface area contributed by atoms with E-state index in [-0.39, 0.29) is 40.4 Å². The van der Waals surface area contributed by atoms with E-state index in [2.05, 4.69) is 25.4 Å². The van der Waals surface area contributed by atoms with Gasteiger partial charge in [0, 0.05) is 48.6 Å². The topological polar surface area (TPSA) is 170 Å². The molecule has 0 saturated carbocycles. The number of amides is 1. The number of carbonyl (C=O) groups excluding carboxylic acids is 1. The number of aryl methyl sites for hydroxylation is 1. The summed E-state index contributed by atoms with van der Waals surface area (Å²) in [6, 6.07) is -0.101. The first-order valence-electron chi connectivity index (χ1n) is 11.3. The standard InChI is InChI=1S/C21H24N10O3S/c1-29-9-12(7-25-29)15-8-26-31-18(22)17(35(2,33)34)16(27-20(15)31)11-5-13-3-4-14(6-11)30(13)21(32)19-23-10-24-28-19/h7-11,13-14H,3-6,22H2,1-2H3,(H,23,24,28)/t11?,13-,14+. The molecular weight excluding hydrogens is 472 g/mol. The van der Waals surface area contributed by atoms with Gasteiger partial charge < -0.3 is 15.6 Å². The third kappa shape index (κ3) is 3.38. The summed E-state index contributed by atoms with van der Waals surface area (Å²) in [7, 11) is -1.89. The third-order valence-corrected chi connectivity index (χ3v) is 8.18. The molecular formula is C21H24N10O3S. The van der Waals surface area contributed by atoms with Crippen molar-refractivity contribution in [2.24, 2.45) is 7.05 Å². The molecule has 1 amide bonds. The molecule has 3 atom stereocenters. The number of anilines is 1. The van der Waals surface area contributed by atoms with Crippen LogP contribution in [0.15, 0.2) is 29.8 Å². The number of aromatic amines is 1. The predicted molar refractivity (Wildman–Crippen MR) is 124 cm³/mol. The molecule has 6 heterocycles. The van der Waals surface area contributed by atoms with Gasteiger partial charge in [-0.2, -0.15) is 14.7 Å². The van der Waals surface area contributed by atoms with Gasteiger partial charge in [-0.15, -0.1) is 10.2 Å². The van der Waals surface area contributed by atoms with E-state index in [0.29, 0.717) is 29.7 Å². The SMILES string of the molecule is Cn1cc(-c2cnn3c(N)c(S(C)(=O)=O)c(C4C[C@H]5CC[C@@H](C4)N5C(=O)c4nnc[nH]4)nc23)cn1. The van der Waals surface area contributed by atoms with Crippen molar-refractivity contribution in [1.82, 2.24) is 44.5 Å². The molecule has 0 aliphatic carbocycles. The van der Waals surface area contributed by atoms with Gasteiger partial charge in [-0.1, -0.05) is 0 Å². The summed E-state index contributed by atoms with van der Waals surface area (Å²) in [4.78, 5) is 22.5. The number of aromatic nitrogens is 8. The summed E-state index contributed by atoms with van der Waals surface area (Å²) < 4.78 is 28.8. The van der Waals surface area contributed by atoms with E-state index in [9.17, 15) is 13.2 Å². The monoisotopic (exact) mass is 496 g/mol. The third-order valence-electron chi connectivity index (χ3n) is 7.02. The molecule has 0 radical (unpaired) electrons. The molecule has 0 aromatic carbocycles. The largest absolute Gasteiger partial charge is 0.382 e. The van der Waals surface area contributed by atoms with E-state index in [1.54, 1.807) is 17.1 Å². The number of nitrogen functional groups attached to an aromatic ring is 1. The van der Waals surface area contributed by atoms with Crippen molar-refractivity contribution >= 4 is 27.2 Å². The van der Waals surface area contributed by atoms with Crippen molar-refractivity contribution in [3.05, 3.63) is 36.4 Å². The lowest BCUT2D eigenvalue weighted by Crippen LogP contribution is -2.46. The van der Waals surface area contributed by atoms with E-state index in [4.69, 9.17) is 10.7 Å². The second-order valence-corrected chi connectivity index (χ2v) is 11.2. The Hall–Kier alpha value is -3.81. The van der Waals surface area contributed by atoms with E-state index >= 15 is 0 Å². The van der Waals surface area contributed by atoms with Gasteiger partial charge in [0.25, 0.3) is 5.91 Å². The van der Waals surface area contributed by atoms with Crippen molar-refractivity contribution in [2.45, 2.75) is 48.6 Å². The first kappa shape index (κ1) is 21.7. The Balaban J connectivity index is 1.45. The van der Waals surface area contributed by atoms with Crippen LogP contribution in [0.2, 0.25) is 0 Å². The minimum atomic E-state index is -3.70. The van der Waals surface area contributed by atoms with Gasteiger partial charge in [-0.3, -0.25) is 9.48 Å². The number of piperidine rings is 1. The maximum Gasteiger partial charge on any atom is 0.292 e. The minimum Gasteiger partial charge on any atom is -0.382 e. The number of carbonyl (C=O) groups is 1. The fourth-order valence-electron chi connectivity index (χ4n) is 5.60. The molecule has 35 heavy (non-hydrogen) atoms. The Bertz CT molecular complexity index is 1540. The molecule has 3 N–H and O–H groups in total. The van der Waals surface area contributed by atoms with Crippen LogP contribution in [0.1, 0.15) is 47.9 Å². The highest BCUT2D eigenvalue weighted by atomic mass is 32.2. The van der Waals surface area contributed by atoms with E-state index in [1.807, 2.05) is 18.1 Å². The Kier molecular flexibility index (Phi) is 4.71. The quantitative estimate of drug-likeness (QED) is 0.414. The summed E-state index contributed by atoms with van der Waals surface area (Å²) in [6.07, 6.45) is 10.5. The maximum atomic E-state index is 13.0. The van der Waals surface area contributed by atoms with E-state index < -0.39 is 9.84 Å². The predicted octanol–water partition coefficient (Wildman–Crippen LogP) is 0.784. The summed E-state index contributed by atoms with van der Waals surface area (Å²) in [5, 5.41) is 16.1. The fourth-order valence-corrected chi connectivity index (χ4v) is 6.66. The Morgan fingerprint density at radius 1 is 1.17 bits per heavy atom. The number of nitrogens with two attached hydrogens (primary N) is 1. The number of hydrogen-bond acceptors (Lipinski definition) is 9. The summed E-state index contributed by atoms with van der Waals surface area (Å²) in [6.45, 7) is 0. The van der Waals surface area contributed by atoms with Gasteiger partial charge in [-0.05, 0) is 25.7 Å². The van der Waals surface area contributed by atoms with E-state index in [0.717, 1.165) is 24.7 Å². The lowest BCUT2D eigenvalue weighted by molar-refractivity contribution is 0.0556. The lowest BCUT2D eigenvalue weighted by atomic mass is 9.87. The second-order valence-electron chi connectivity index (χ2n) is 9.28. The molecule has 2 bridgehead atoms. The number of H-pyrrole nitrogens is 1. The van der Waals surface area contributed by atoms with Gasteiger partial charge >= 0.3 is 0 Å². The van der Waals surface area contributed by atoms with Crippen LogP contribution in [-0.4, -0.2) is 77.1 Å². The zero-order valence-electron chi connectivity index (χ0n) is 19.2. The fraction of sp³-hybridized carbons (Fsp3) is 0.429. The molecule has 2 saturated heterocycles. The Morgan fingerprint density at radius 2 is 1.91 bits per heavy atom. The highest BCUT2D eigenvalue weighted by molar-refractivity contribution is 7.91. The second kappa shape index (κ2) is 7.60. The zero-order chi connectivity index (χ0) is 24.5. The lowest BCUT2D eigenvalue weighted by Gasteiger charge is -2.38. The summed E-state index contributed by atoms with van der Waals surface area (Å²) in [5.74, 6) is -0.120. The van der Waals surface area contributed by atoms with Gasteiger partial charge in [0.15, 0.2) is 15.5 Å². The van der Waals surface area contributed by atoms with Crippen molar-refractivity contribution in [2.75, 3.05) is 12.0 Å². The van der Waals surface area contributed by atoms with Crippen LogP contribution in [0.3, 0.4) is 0 Å². The Labute approximate surface area is 200 Å². The molecule has 1 unspecified atom stereocenters. The molecule has 6 rings (SSSR count). The normalized spacial score (nSPS) is 22.2. The molecule has 2 aliphatic heterocycles. The average Bonchev–Trinajstić information content (AvgIpc) is 3.59. The molecule has 0 spiro atoms. The van der Waals surface area contributed by atoms with Crippen molar-refractivity contribution in [3.63, 3.8) is 0 Å². The van der Waals surface area contributed by atoms with Crippen LogP contribution < -0.4 is 5.73 Å². The minimum absolute atomic E-state index is 0.00486. The van der Waals surface area contributed by atoms with Crippen molar-refractivity contribution < 1.29 is 13.2 Å². The van der Waals surface area contributed by atoms with Crippen LogP contribution in [0.4, 0.5) is 5.82 Å². The maximum absolute atomic E-state index is 13.0. The Morgan fingerprint density at radius 3 is 2.51 bits per heavy atom. The van der Waals surface area contributed by atoms with Crippen molar-refractivity contribution in [1.29, 1.82) is 0 Å². The van der Waals surface area contributed by atoms with Crippen LogP contribution in [0, 0.1) is 0 Å². The smallest absolute Gasteiger partial charge is 0.292 e. The first-order chi connectivity index (χ1) is 16.7. The molecule has 2 fully saturated rings. The summed E-state index contributed by atoms with van der Waals surface area (Å²) in [5.41, 5.74) is 8.84.